The van der Waals surface area contributed by atoms with E-state index in [0.29, 0.717) is 11.1 Å². The number of halogens is 2. The van der Waals surface area contributed by atoms with E-state index in [9.17, 15) is 18.4 Å². The van der Waals surface area contributed by atoms with Crippen LogP contribution in [0.4, 0.5) is 8.78 Å². The quantitative estimate of drug-likeness (QED) is 0.792. The van der Waals surface area contributed by atoms with Crippen LogP contribution < -0.4 is 5.32 Å². The zero-order valence-electron chi connectivity index (χ0n) is 15.1. The summed E-state index contributed by atoms with van der Waals surface area (Å²) in [6.45, 7) is -1.34. The topological polar surface area (TPSA) is 99.0 Å². The molecule has 1 aliphatic heterocycles. The fourth-order valence-corrected chi connectivity index (χ4v) is 2.81. The average Bonchev–Trinajstić information content (AvgIpc) is 3.06. The van der Waals surface area contributed by atoms with E-state index >= 15 is 0 Å². The lowest BCUT2D eigenvalue weighted by Gasteiger charge is -2.19. The minimum absolute atomic E-state index is 0.193. The Bertz CT molecular complexity index is 1020. The summed E-state index contributed by atoms with van der Waals surface area (Å²) >= 11 is 0. The van der Waals surface area contributed by atoms with Crippen LogP contribution in [0.15, 0.2) is 43.0 Å². The molecule has 146 valence electrons. The Labute approximate surface area is 165 Å². The lowest BCUT2D eigenvalue weighted by atomic mass is 10.1. The second kappa shape index (κ2) is 8.44. The number of nitriles is 1. The second-order valence-corrected chi connectivity index (χ2v) is 6.32. The van der Waals surface area contributed by atoms with Crippen LogP contribution in [0.1, 0.15) is 27.9 Å². The van der Waals surface area contributed by atoms with Gasteiger partial charge in [0, 0.05) is 36.8 Å². The van der Waals surface area contributed by atoms with E-state index < -0.39 is 43.3 Å². The van der Waals surface area contributed by atoms with Crippen molar-refractivity contribution in [2.24, 2.45) is 0 Å². The van der Waals surface area contributed by atoms with Gasteiger partial charge in [-0.1, -0.05) is 11.8 Å². The molecule has 0 unspecified atom stereocenters. The van der Waals surface area contributed by atoms with Gasteiger partial charge in [-0.25, -0.2) is 8.78 Å². The number of amides is 2. The molecule has 0 radical (unpaired) electrons. The number of nitrogens with one attached hydrogen (secondary N) is 1. The highest BCUT2D eigenvalue weighted by Gasteiger charge is 2.47. The maximum absolute atomic E-state index is 13.5. The Morgan fingerprint density at radius 1 is 1.21 bits per heavy atom. The highest BCUT2D eigenvalue weighted by molar-refractivity contribution is 5.98. The number of hydrogen-bond donors (Lipinski definition) is 1. The first-order valence-corrected chi connectivity index (χ1v) is 8.61. The van der Waals surface area contributed by atoms with E-state index in [-0.39, 0.29) is 5.56 Å². The first-order chi connectivity index (χ1) is 13.9. The molecular formula is C20H15F2N5O2. The van der Waals surface area contributed by atoms with Crippen LogP contribution in [0.25, 0.3) is 0 Å². The molecule has 0 saturated carbocycles. The molecule has 0 bridgehead atoms. The third kappa shape index (κ3) is 4.90. The summed E-state index contributed by atoms with van der Waals surface area (Å²) in [5.41, 5.74) is 1.23. The standard InChI is InChI=1S/C20H15F2N5O2/c21-20(22)9-16(10-23)27(13-20)18(28)12-26-19(29)17-5-8-25-11-15(17)2-1-14-3-6-24-7-4-14/h3-8,11,16H,9,12-13H2,(H,26,29)/t16-/m0/s1. The van der Waals surface area contributed by atoms with Gasteiger partial charge in [0.25, 0.3) is 11.8 Å². The van der Waals surface area contributed by atoms with Gasteiger partial charge in [0.05, 0.1) is 30.3 Å². The summed E-state index contributed by atoms with van der Waals surface area (Å²) in [6, 6.07) is 5.34. The van der Waals surface area contributed by atoms with E-state index in [0.717, 1.165) is 4.90 Å². The molecule has 1 aliphatic rings. The monoisotopic (exact) mass is 395 g/mol. The number of carbonyl (C=O) groups is 2. The Balaban J connectivity index is 1.68. The molecule has 1 atom stereocenters. The van der Waals surface area contributed by atoms with E-state index in [4.69, 9.17) is 5.26 Å². The molecule has 2 aromatic heterocycles. The van der Waals surface area contributed by atoms with E-state index in [1.165, 1.54) is 18.5 Å². The van der Waals surface area contributed by atoms with Crippen LogP contribution in [-0.4, -0.2) is 51.7 Å². The molecule has 29 heavy (non-hydrogen) atoms. The average molecular weight is 395 g/mol. The van der Waals surface area contributed by atoms with Crippen molar-refractivity contribution in [2.45, 2.75) is 18.4 Å². The SMILES string of the molecule is N#C[C@@H]1CC(F)(F)CN1C(=O)CNC(=O)c1ccncc1C#Cc1ccncc1. The molecule has 2 amide bonds. The third-order valence-electron chi connectivity index (χ3n) is 4.23. The number of aromatic nitrogens is 2. The molecule has 7 nitrogen and oxygen atoms in total. The van der Waals surface area contributed by atoms with Crippen LogP contribution in [0.2, 0.25) is 0 Å². The van der Waals surface area contributed by atoms with Gasteiger partial charge in [-0.15, -0.1) is 0 Å². The molecule has 0 aromatic carbocycles. The highest BCUT2D eigenvalue weighted by Crippen LogP contribution is 2.31. The van der Waals surface area contributed by atoms with Crippen LogP contribution in [0.3, 0.4) is 0 Å². The lowest BCUT2D eigenvalue weighted by molar-refractivity contribution is -0.131. The summed E-state index contributed by atoms with van der Waals surface area (Å²) in [6.07, 6.45) is 5.28. The summed E-state index contributed by atoms with van der Waals surface area (Å²) in [5.74, 6) is 1.27. The Morgan fingerprint density at radius 3 is 2.66 bits per heavy atom. The van der Waals surface area contributed by atoms with Gasteiger partial charge in [0.1, 0.15) is 6.04 Å². The van der Waals surface area contributed by atoms with Gasteiger partial charge in [-0.05, 0) is 18.2 Å². The van der Waals surface area contributed by atoms with Crippen molar-refractivity contribution in [3.05, 3.63) is 59.7 Å². The lowest BCUT2D eigenvalue weighted by Crippen LogP contribution is -2.43. The number of nitrogens with zero attached hydrogens (tertiary/aromatic N) is 4. The van der Waals surface area contributed by atoms with Crippen molar-refractivity contribution >= 4 is 11.8 Å². The maximum Gasteiger partial charge on any atom is 0.268 e. The van der Waals surface area contributed by atoms with Crippen LogP contribution in [0.5, 0.6) is 0 Å². The number of hydrogen-bond acceptors (Lipinski definition) is 5. The highest BCUT2D eigenvalue weighted by atomic mass is 19.3. The van der Waals surface area contributed by atoms with E-state index in [2.05, 4.69) is 27.1 Å². The fourth-order valence-electron chi connectivity index (χ4n) is 2.81. The predicted molar refractivity (Wildman–Crippen MR) is 97.5 cm³/mol. The van der Waals surface area contributed by atoms with Gasteiger partial charge < -0.3 is 10.2 Å². The normalized spacial score (nSPS) is 17.0. The van der Waals surface area contributed by atoms with Crippen molar-refractivity contribution in [3.8, 4) is 17.9 Å². The number of alkyl halides is 2. The third-order valence-corrected chi connectivity index (χ3v) is 4.23. The molecule has 1 N–H and O–H groups in total. The maximum atomic E-state index is 13.5. The summed E-state index contributed by atoms with van der Waals surface area (Å²) in [5, 5.41) is 11.4. The van der Waals surface area contributed by atoms with Gasteiger partial charge in [0.15, 0.2) is 0 Å². The molecule has 1 fully saturated rings. The van der Waals surface area contributed by atoms with Gasteiger partial charge in [-0.3, -0.25) is 19.6 Å². The smallest absolute Gasteiger partial charge is 0.268 e. The number of carbonyl (C=O) groups excluding carboxylic acids is 2. The first kappa shape index (κ1) is 19.9. The van der Waals surface area contributed by atoms with Crippen molar-refractivity contribution < 1.29 is 18.4 Å². The molecule has 3 heterocycles. The van der Waals surface area contributed by atoms with Crippen LogP contribution in [0, 0.1) is 23.2 Å². The molecule has 1 saturated heterocycles. The minimum Gasteiger partial charge on any atom is -0.343 e. The zero-order valence-corrected chi connectivity index (χ0v) is 15.1. The molecule has 2 aromatic rings. The first-order valence-electron chi connectivity index (χ1n) is 8.61. The minimum atomic E-state index is -3.11. The number of rotatable bonds is 3. The van der Waals surface area contributed by atoms with Crippen molar-refractivity contribution in [1.82, 2.24) is 20.2 Å². The van der Waals surface area contributed by atoms with Crippen molar-refractivity contribution in [3.63, 3.8) is 0 Å². The summed E-state index contributed by atoms with van der Waals surface area (Å²) < 4.78 is 27.0. The molecule has 9 heteroatoms. The van der Waals surface area contributed by atoms with Gasteiger partial charge >= 0.3 is 0 Å². The van der Waals surface area contributed by atoms with Gasteiger partial charge in [0.2, 0.25) is 5.91 Å². The van der Waals surface area contributed by atoms with E-state index in [1.807, 2.05) is 0 Å². The van der Waals surface area contributed by atoms with Crippen molar-refractivity contribution in [1.29, 1.82) is 5.26 Å². The molecule has 0 spiro atoms. The van der Waals surface area contributed by atoms with Crippen molar-refractivity contribution in [2.75, 3.05) is 13.1 Å². The number of likely N-dealkylation sites (tertiary alicyclic amines) is 1. The summed E-state index contributed by atoms with van der Waals surface area (Å²) in [4.78, 5) is 33.3. The Morgan fingerprint density at radius 2 is 1.93 bits per heavy atom. The van der Waals surface area contributed by atoms with E-state index in [1.54, 1.807) is 30.6 Å². The predicted octanol–water partition coefficient (Wildman–Crippen LogP) is 1.37. The van der Waals surface area contributed by atoms with Crippen LogP contribution in [-0.2, 0) is 4.79 Å². The number of pyridine rings is 2. The summed E-state index contributed by atoms with van der Waals surface area (Å²) in [7, 11) is 0. The molecular weight excluding hydrogens is 380 g/mol. The van der Waals surface area contributed by atoms with Crippen LogP contribution >= 0.6 is 0 Å². The van der Waals surface area contributed by atoms with Gasteiger partial charge in [-0.2, -0.15) is 5.26 Å². The zero-order chi connectivity index (χ0) is 20.9. The largest absolute Gasteiger partial charge is 0.343 e. The molecule has 3 rings (SSSR count). The second-order valence-electron chi connectivity index (χ2n) is 6.32. The molecule has 0 aliphatic carbocycles. The Kier molecular flexibility index (Phi) is 5.79. The fraction of sp³-hybridized carbons (Fsp3) is 0.250. The Hall–Kier alpha value is -3.85.